The number of hydrogen-bond acceptors (Lipinski definition) is 15. The second-order valence-corrected chi connectivity index (χ2v) is 24.1. The van der Waals surface area contributed by atoms with Gasteiger partial charge in [0.2, 0.25) is 11.8 Å². The summed E-state index contributed by atoms with van der Waals surface area (Å²) in [6.45, 7) is 7.57. The van der Waals surface area contributed by atoms with Crippen molar-refractivity contribution in [3.8, 4) is 51.3 Å². The van der Waals surface area contributed by atoms with Crippen LogP contribution in [0.4, 0.5) is 32.8 Å². The molecular formula is C61H60F5N12O5PS. The molecule has 85 heavy (non-hydrogen) atoms. The van der Waals surface area contributed by atoms with Crippen LogP contribution in [0, 0.1) is 28.9 Å². The lowest BCUT2D eigenvalue weighted by Crippen LogP contribution is -2.51. The number of nitrogens with zero attached hydrogens (tertiary/aromatic N) is 9. The SMILES string of the molecule is CC(NC(=O)C1CCCN1C(=O)C(C(C)C)n1cc(-c2ccc(COc3c(-c4ccc(F)c5sc(N)c(C#N)c45)c(C(F)(F)F)cc4c(N5CC6CCC(C5)N6)nc(OC5CCOCC5)nc34)cc2)nn1)c1ccc(-c2c(F)cncc2P)cc1. The monoisotopic (exact) mass is 1200 g/mol. The van der Waals surface area contributed by atoms with Gasteiger partial charge in [0, 0.05) is 78.2 Å². The van der Waals surface area contributed by atoms with Gasteiger partial charge in [-0.05, 0) is 78.2 Å². The van der Waals surface area contributed by atoms with E-state index in [0.29, 0.717) is 91.8 Å². The first-order valence-electron chi connectivity index (χ1n) is 28.3. The Morgan fingerprint density at radius 1 is 0.941 bits per heavy atom. The molecule has 4 N–H and O–H groups in total. The number of nitrogens with one attached hydrogen (secondary N) is 2. The number of anilines is 2. The number of nitrogen functional groups attached to an aromatic ring is 1. The van der Waals surface area contributed by atoms with Gasteiger partial charge in [-0.15, -0.1) is 25.7 Å². The quantitative estimate of drug-likeness (QED) is 0.0644. The molecule has 0 radical (unpaired) electrons. The van der Waals surface area contributed by atoms with Crippen LogP contribution >= 0.6 is 20.6 Å². The van der Waals surface area contributed by atoms with E-state index in [4.69, 9.17) is 29.9 Å². The number of alkyl halides is 3. The summed E-state index contributed by atoms with van der Waals surface area (Å²) in [4.78, 5) is 45.7. The standard InChI is InChI=1S/C61H60F5N12O5PS/c1-31(2)53(59(80)77-20-4-5-47(77)58(79)70-32(3)34-10-12-36(13-11-34)49-45(63)25-69-26-48(49)84)78-29-46(74-75-78)35-8-6-33(7-9-35)30-82-54-51(40-16-17-44(62)55-50(40)42(24-67)56(68)85-55)43(61(64,65)66)23-41-52(54)72-60(83-39-18-21-81-22-19-39)73-57(41)76-27-37-14-15-38(28-76)71-37/h6-13,16-17,23,25-26,29,31-32,37-39,47,53,71H,4-5,14-15,18-22,27-28,30,68,84H2,1-3H3,(H,70,79). The largest absolute Gasteiger partial charge is 0.486 e. The van der Waals surface area contributed by atoms with E-state index in [1.165, 1.54) is 16.9 Å². The molecule has 4 fully saturated rings. The number of piperazine rings is 1. The molecule has 0 saturated carbocycles. The van der Waals surface area contributed by atoms with Gasteiger partial charge >= 0.3 is 12.2 Å². The molecule has 6 atom stereocenters. The molecule has 0 aliphatic carbocycles. The zero-order valence-electron chi connectivity index (χ0n) is 46.6. The number of thiophene rings is 1. The molecule has 24 heteroatoms. The van der Waals surface area contributed by atoms with E-state index in [-0.39, 0.29) is 97.2 Å². The fraction of sp³-hybridized carbons (Fsp3) is 0.377. The van der Waals surface area contributed by atoms with Crippen molar-refractivity contribution in [3.63, 3.8) is 0 Å². The van der Waals surface area contributed by atoms with Gasteiger partial charge < -0.3 is 40.4 Å². The third-order valence-electron chi connectivity index (χ3n) is 16.5. The molecule has 0 spiro atoms. The fourth-order valence-electron chi connectivity index (χ4n) is 12.3. The number of nitrogens with two attached hydrogens (primary N) is 1. The minimum absolute atomic E-state index is 0.0237. The molecule has 4 saturated heterocycles. The van der Waals surface area contributed by atoms with E-state index >= 15 is 17.6 Å². The van der Waals surface area contributed by atoms with E-state index in [1.54, 1.807) is 53.7 Å². The van der Waals surface area contributed by atoms with Crippen molar-refractivity contribution in [2.45, 2.75) is 108 Å². The summed E-state index contributed by atoms with van der Waals surface area (Å²) in [6, 6.07) is 17.7. The van der Waals surface area contributed by atoms with Crippen LogP contribution in [0.25, 0.3) is 54.5 Å². The van der Waals surface area contributed by atoms with Gasteiger partial charge in [0.25, 0.3) is 0 Å². The summed E-state index contributed by atoms with van der Waals surface area (Å²) in [7, 11) is 2.50. The molecule has 440 valence electrons. The molecule has 17 nitrogen and oxygen atoms in total. The van der Waals surface area contributed by atoms with Gasteiger partial charge in [0.05, 0.1) is 47.5 Å². The van der Waals surface area contributed by atoms with Crippen LogP contribution in [0.5, 0.6) is 11.8 Å². The Kier molecular flexibility index (Phi) is 15.9. The van der Waals surface area contributed by atoms with Gasteiger partial charge in [0.1, 0.15) is 64.5 Å². The van der Waals surface area contributed by atoms with Crippen LogP contribution in [0.1, 0.15) is 93.6 Å². The van der Waals surface area contributed by atoms with Gasteiger partial charge in [-0.1, -0.05) is 73.7 Å². The maximum Gasteiger partial charge on any atom is 0.417 e. The maximum atomic E-state index is 16.0. The fourth-order valence-corrected chi connectivity index (χ4v) is 13.6. The number of ether oxygens (including phenoxy) is 3. The predicted molar refractivity (Wildman–Crippen MR) is 315 cm³/mol. The van der Waals surface area contributed by atoms with Gasteiger partial charge in [-0.2, -0.15) is 28.4 Å². The van der Waals surface area contributed by atoms with Crippen LogP contribution in [0.15, 0.2) is 85.3 Å². The smallest absolute Gasteiger partial charge is 0.417 e. The average Bonchev–Trinajstić information content (AvgIpc) is 1.76. The van der Waals surface area contributed by atoms with Crippen LogP contribution < -0.4 is 36.0 Å². The van der Waals surface area contributed by atoms with Crippen LogP contribution in [-0.4, -0.2) is 104 Å². The third-order valence-corrected chi connectivity index (χ3v) is 18.0. The number of hydrogen-bond donors (Lipinski definition) is 3. The Balaban J connectivity index is 0.838. The van der Waals surface area contributed by atoms with Crippen molar-refractivity contribution in [2.24, 2.45) is 5.92 Å². The lowest BCUT2D eigenvalue weighted by Gasteiger charge is -2.35. The molecule has 4 aliphatic rings. The van der Waals surface area contributed by atoms with Crippen molar-refractivity contribution >= 4 is 69.5 Å². The van der Waals surface area contributed by atoms with Gasteiger partial charge in [-0.3, -0.25) is 14.6 Å². The Morgan fingerprint density at radius 2 is 1.67 bits per heavy atom. The Bertz CT molecular complexity index is 3880. The molecule has 2 amide bonds. The molecule has 12 rings (SSSR count). The molecule has 8 heterocycles. The number of benzene rings is 4. The Labute approximate surface area is 492 Å². The first-order chi connectivity index (χ1) is 40.9. The number of fused-ring (bicyclic) bond motifs is 4. The minimum Gasteiger partial charge on any atom is -0.486 e. The van der Waals surface area contributed by atoms with Crippen LogP contribution in [0.3, 0.4) is 0 Å². The van der Waals surface area contributed by atoms with Gasteiger partial charge in [-0.25, -0.2) is 13.5 Å². The van der Waals surface area contributed by atoms with E-state index < -0.39 is 47.1 Å². The van der Waals surface area contributed by atoms with E-state index in [9.17, 15) is 19.2 Å². The molecule has 4 aromatic heterocycles. The first kappa shape index (κ1) is 57.5. The van der Waals surface area contributed by atoms with Crippen molar-refractivity contribution in [2.75, 3.05) is 43.5 Å². The molecule has 4 aliphatic heterocycles. The van der Waals surface area contributed by atoms with Crippen LogP contribution in [-0.2, 0) is 27.1 Å². The van der Waals surface area contributed by atoms with E-state index in [0.717, 1.165) is 41.9 Å². The summed E-state index contributed by atoms with van der Waals surface area (Å²) in [5.41, 5.74) is 7.90. The number of likely N-dealkylation sites (tertiary alicyclic amines) is 1. The van der Waals surface area contributed by atoms with E-state index in [2.05, 4.69) is 35.2 Å². The summed E-state index contributed by atoms with van der Waals surface area (Å²) in [5.74, 6) is -2.07. The number of aromatic nitrogens is 6. The highest BCUT2D eigenvalue weighted by Crippen LogP contribution is 2.52. The summed E-state index contributed by atoms with van der Waals surface area (Å²) in [5, 5.41) is 26.4. The number of carbonyl (C=O) groups is 2. The minimum atomic E-state index is -5.02. The highest BCUT2D eigenvalue weighted by Gasteiger charge is 2.42. The van der Waals surface area contributed by atoms with E-state index in [1.807, 2.05) is 43.9 Å². The number of carbonyl (C=O) groups excluding carboxylic acids is 2. The zero-order valence-corrected chi connectivity index (χ0v) is 48.6. The Hall–Kier alpha value is -7.90. The second kappa shape index (κ2) is 23.5. The second-order valence-electron chi connectivity index (χ2n) is 22.5. The Morgan fingerprint density at radius 3 is 2.36 bits per heavy atom. The number of amides is 2. The van der Waals surface area contributed by atoms with Crippen molar-refractivity contribution in [3.05, 3.63) is 119 Å². The summed E-state index contributed by atoms with van der Waals surface area (Å²) >= 11 is 0.771. The zero-order chi connectivity index (χ0) is 59.4. The van der Waals surface area contributed by atoms with Crippen molar-refractivity contribution in [1.82, 2.24) is 45.5 Å². The number of halogens is 5. The molecule has 2 bridgehead atoms. The highest BCUT2D eigenvalue weighted by atomic mass is 32.1. The maximum absolute atomic E-state index is 16.0. The van der Waals surface area contributed by atoms with Gasteiger partial charge in [0.15, 0.2) is 5.75 Å². The lowest BCUT2D eigenvalue weighted by atomic mass is 9.92. The molecular weight excluding hydrogens is 1140 g/mol. The van der Waals surface area contributed by atoms with Crippen molar-refractivity contribution < 1.29 is 45.8 Å². The number of pyridine rings is 1. The normalized spacial score (nSPS) is 19.0. The predicted octanol–water partition coefficient (Wildman–Crippen LogP) is 10.2. The molecule has 8 aromatic rings. The van der Waals surface area contributed by atoms with Crippen LogP contribution in [0.2, 0.25) is 0 Å². The average molecular weight is 1200 g/mol. The summed E-state index contributed by atoms with van der Waals surface area (Å²) in [6.07, 6.45) is 3.01. The number of rotatable bonds is 15. The topological polar surface area (TPSA) is 212 Å². The molecule has 4 aromatic carbocycles. The highest BCUT2D eigenvalue weighted by molar-refractivity contribution is 7.28. The van der Waals surface area contributed by atoms with Crippen molar-refractivity contribution in [1.29, 1.82) is 5.26 Å². The lowest BCUT2D eigenvalue weighted by molar-refractivity contribution is -0.142. The number of nitriles is 1. The first-order valence-corrected chi connectivity index (χ1v) is 29.7. The third kappa shape index (κ3) is 11.3. The summed E-state index contributed by atoms with van der Waals surface area (Å²) < 4.78 is 98.6. The molecule has 6 unspecified atom stereocenters.